The first-order chi connectivity index (χ1) is 13.4. The van der Waals surface area contributed by atoms with Crippen LogP contribution < -0.4 is 0 Å². The number of nitrogens with zero attached hydrogens (tertiary/aromatic N) is 3. The molecule has 1 heterocycles. The fraction of sp³-hybridized carbons (Fsp3) is 0.292. The summed E-state index contributed by atoms with van der Waals surface area (Å²) < 4.78 is 15.0. The van der Waals surface area contributed by atoms with Crippen molar-refractivity contribution < 1.29 is 4.39 Å². The van der Waals surface area contributed by atoms with E-state index in [1.54, 1.807) is 13.0 Å². The number of rotatable bonds is 5. The summed E-state index contributed by atoms with van der Waals surface area (Å²) in [6, 6.07) is 15.9. The van der Waals surface area contributed by atoms with Gasteiger partial charge in [-0.15, -0.1) is 0 Å². The summed E-state index contributed by atoms with van der Waals surface area (Å²) in [7, 11) is 4.04. The van der Waals surface area contributed by atoms with Crippen LogP contribution in [0.2, 0.25) is 0 Å². The van der Waals surface area contributed by atoms with Gasteiger partial charge in [0, 0.05) is 20.6 Å². The summed E-state index contributed by atoms with van der Waals surface area (Å²) in [5.41, 5.74) is 5.44. The zero-order chi connectivity index (χ0) is 20.3. The number of allylic oxidation sites excluding steroid dienone is 2. The fourth-order valence-corrected chi connectivity index (χ4v) is 3.68. The number of aryl methyl sites for hydroxylation is 1. The van der Waals surface area contributed by atoms with E-state index in [0.717, 1.165) is 30.1 Å². The molecule has 0 saturated heterocycles. The zero-order valence-corrected chi connectivity index (χ0v) is 17.3. The second-order valence-electron chi connectivity index (χ2n) is 7.26. The van der Waals surface area contributed by atoms with Crippen molar-refractivity contribution in [3.63, 3.8) is 0 Å². The van der Waals surface area contributed by atoms with Gasteiger partial charge in [-0.1, -0.05) is 48.5 Å². The average molecular weight is 378 g/mol. The molecular formula is C24H28FN3. The molecule has 0 bridgehead atoms. The van der Waals surface area contributed by atoms with Crippen LogP contribution in [0.15, 0.2) is 76.7 Å². The molecule has 0 saturated carbocycles. The molecule has 0 fully saturated rings. The van der Waals surface area contributed by atoms with Crippen molar-refractivity contribution in [1.82, 2.24) is 9.80 Å². The molecule has 1 aliphatic rings. The van der Waals surface area contributed by atoms with Crippen molar-refractivity contribution in [3.8, 4) is 0 Å². The molecule has 0 aliphatic carbocycles. The van der Waals surface area contributed by atoms with Gasteiger partial charge in [0.1, 0.15) is 11.7 Å². The molecular weight excluding hydrogens is 349 g/mol. The minimum absolute atomic E-state index is 0.206. The summed E-state index contributed by atoms with van der Waals surface area (Å²) in [4.78, 5) is 9.07. The van der Waals surface area contributed by atoms with Crippen molar-refractivity contribution in [2.24, 2.45) is 4.99 Å². The van der Waals surface area contributed by atoms with Gasteiger partial charge in [-0.05, 0) is 44.4 Å². The van der Waals surface area contributed by atoms with E-state index in [9.17, 15) is 4.39 Å². The Hall–Kier alpha value is -2.88. The minimum atomic E-state index is -0.206. The van der Waals surface area contributed by atoms with Crippen LogP contribution >= 0.6 is 0 Å². The lowest BCUT2D eigenvalue weighted by Gasteiger charge is -2.36. The Labute approximate surface area is 167 Å². The van der Waals surface area contributed by atoms with E-state index >= 15 is 0 Å². The highest BCUT2D eigenvalue weighted by Gasteiger charge is 2.28. The molecule has 3 rings (SSSR count). The Morgan fingerprint density at radius 1 is 1.04 bits per heavy atom. The van der Waals surface area contributed by atoms with Gasteiger partial charge in [-0.3, -0.25) is 0 Å². The van der Waals surface area contributed by atoms with Crippen LogP contribution in [0, 0.1) is 12.7 Å². The Balaban J connectivity index is 2.08. The minimum Gasteiger partial charge on any atom is -0.375 e. The molecule has 0 N–H and O–H groups in total. The molecule has 0 atom stereocenters. The van der Waals surface area contributed by atoms with Crippen molar-refractivity contribution in [3.05, 3.63) is 94.2 Å². The predicted molar refractivity (Wildman–Crippen MR) is 115 cm³/mol. The third kappa shape index (κ3) is 3.86. The molecule has 3 nitrogen and oxygen atoms in total. The number of halogens is 1. The van der Waals surface area contributed by atoms with E-state index < -0.39 is 0 Å². The second kappa shape index (κ2) is 8.42. The van der Waals surface area contributed by atoms with Crippen LogP contribution in [-0.2, 0) is 6.42 Å². The Kier molecular flexibility index (Phi) is 5.98. The highest BCUT2D eigenvalue weighted by molar-refractivity contribution is 6.02. The first-order valence-electron chi connectivity index (χ1n) is 9.64. The van der Waals surface area contributed by atoms with Crippen molar-refractivity contribution in [2.75, 3.05) is 20.6 Å². The summed E-state index contributed by atoms with van der Waals surface area (Å²) in [5.74, 6) is 0.468. The summed E-state index contributed by atoms with van der Waals surface area (Å²) in [6.07, 6.45) is 2.94. The fourth-order valence-electron chi connectivity index (χ4n) is 3.68. The van der Waals surface area contributed by atoms with Gasteiger partial charge < -0.3 is 9.80 Å². The topological polar surface area (TPSA) is 18.8 Å². The smallest absolute Gasteiger partial charge is 0.143 e. The first-order valence-corrected chi connectivity index (χ1v) is 9.64. The van der Waals surface area contributed by atoms with Crippen LogP contribution in [0.1, 0.15) is 30.5 Å². The Morgan fingerprint density at radius 3 is 2.39 bits per heavy atom. The van der Waals surface area contributed by atoms with E-state index in [1.807, 2.05) is 58.3 Å². The highest BCUT2D eigenvalue weighted by Crippen LogP contribution is 2.30. The average Bonchev–Trinajstić information content (AvgIpc) is 2.68. The quantitative estimate of drug-likeness (QED) is 0.719. The van der Waals surface area contributed by atoms with Crippen molar-refractivity contribution in [1.29, 1.82) is 0 Å². The van der Waals surface area contributed by atoms with Gasteiger partial charge in [-0.25, -0.2) is 9.38 Å². The van der Waals surface area contributed by atoms with E-state index in [0.29, 0.717) is 17.0 Å². The molecule has 2 aromatic rings. The summed E-state index contributed by atoms with van der Waals surface area (Å²) in [6.45, 7) is 6.53. The number of benzene rings is 2. The maximum absolute atomic E-state index is 15.0. The predicted octanol–water partition coefficient (Wildman–Crippen LogP) is 5.14. The number of amidine groups is 1. The molecule has 146 valence electrons. The number of hydrogen-bond donors (Lipinski definition) is 0. The van der Waals surface area contributed by atoms with E-state index in [4.69, 9.17) is 4.99 Å². The van der Waals surface area contributed by atoms with Crippen LogP contribution in [0.5, 0.6) is 0 Å². The number of hydrogen-bond acceptors (Lipinski definition) is 3. The molecule has 0 radical (unpaired) electrons. The SMILES string of the molecule is C/C=C1\C(N(C)C)=C(C)N=C(c2cccc(C)c2F)N1CCc1ccccc1. The van der Waals surface area contributed by atoms with Crippen LogP contribution in [0.3, 0.4) is 0 Å². The molecule has 1 aliphatic heterocycles. The summed E-state index contributed by atoms with van der Waals surface area (Å²) >= 11 is 0. The van der Waals surface area contributed by atoms with E-state index in [1.165, 1.54) is 5.56 Å². The monoisotopic (exact) mass is 377 g/mol. The molecule has 2 aromatic carbocycles. The number of aliphatic imine (C=N–C) groups is 1. The van der Waals surface area contributed by atoms with Crippen LogP contribution in [0.25, 0.3) is 0 Å². The highest BCUT2D eigenvalue weighted by atomic mass is 19.1. The summed E-state index contributed by atoms with van der Waals surface area (Å²) in [5, 5.41) is 0. The Bertz CT molecular complexity index is 940. The molecule has 4 heteroatoms. The van der Waals surface area contributed by atoms with Gasteiger partial charge in [-0.2, -0.15) is 0 Å². The van der Waals surface area contributed by atoms with Gasteiger partial charge in [0.2, 0.25) is 0 Å². The third-order valence-electron chi connectivity index (χ3n) is 5.03. The van der Waals surface area contributed by atoms with Gasteiger partial charge in [0.05, 0.1) is 22.7 Å². The maximum atomic E-state index is 15.0. The van der Waals surface area contributed by atoms with Gasteiger partial charge in [0.25, 0.3) is 0 Å². The molecule has 28 heavy (non-hydrogen) atoms. The normalized spacial score (nSPS) is 15.9. The van der Waals surface area contributed by atoms with Gasteiger partial charge in [0.15, 0.2) is 0 Å². The zero-order valence-electron chi connectivity index (χ0n) is 17.3. The lowest BCUT2D eigenvalue weighted by atomic mass is 10.0. The molecule has 0 amide bonds. The Morgan fingerprint density at radius 2 is 1.75 bits per heavy atom. The first kappa shape index (κ1) is 19.9. The third-order valence-corrected chi connectivity index (χ3v) is 5.03. The standard InChI is InChI=1S/C24H28FN3/c1-6-21-23(27(4)5)18(3)26-24(20-14-10-11-17(2)22(20)25)28(21)16-15-19-12-8-7-9-13-19/h6-14H,15-16H2,1-5H3/b21-6+. The lowest BCUT2D eigenvalue weighted by Crippen LogP contribution is -2.39. The van der Waals surface area contributed by atoms with Crippen LogP contribution in [0.4, 0.5) is 4.39 Å². The molecule has 0 aromatic heterocycles. The van der Waals surface area contributed by atoms with Crippen LogP contribution in [-0.4, -0.2) is 36.3 Å². The van der Waals surface area contributed by atoms with E-state index in [-0.39, 0.29) is 5.82 Å². The molecule has 0 unspecified atom stereocenters. The van der Waals surface area contributed by atoms with Gasteiger partial charge >= 0.3 is 0 Å². The van der Waals surface area contributed by atoms with Crippen molar-refractivity contribution >= 4 is 5.84 Å². The second-order valence-corrected chi connectivity index (χ2v) is 7.26. The van der Waals surface area contributed by atoms with Crippen molar-refractivity contribution in [2.45, 2.75) is 27.2 Å². The van der Waals surface area contributed by atoms with E-state index in [2.05, 4.69) is 28.0 Å². The maximum Gasteiger partial charge on any atom is 0.143 e. The number of likely N-dealkylation sites (N-methyl/N-ethyl adjacent to an activating group) is 1. The molecule has 0 spiro atoms. The lowest BCUT2D eigenvalue weighted by molar-refractivity contribution is 0.433. The largest absolute Gasteiger partial charge is 0.375 e.